The molecule has 0 spiro atoms. The first-order valence-electron chi connectivity index (χ1n) is 6.64. The van der Waals surface area contributed by atoms with Gasteiger partial charge in [0.15, 0.2) is 11.5 Å². The molecule has 100 valence electrons. The zero-order valence-electron chi connectivity index (χ0n) is 11.6. The zero-order valence-corrected chi connectivity index (χ0v) is 11.6. The minimum absolute atomic E-state index is 0.265. The van der Waals surface area contributed by atoms with Gasteiger partial charge in [0.05, 0.1) is 6.33 Å². The molecule has 0 unspecified atom stereocenters. The fraction of sp³-hybridized carbons (Fsp3) is 0.500. The lowest BCUT2D eigenvalue weighted by atomic mass is 9.83. The molecular formula is C14H19N5. The SMILES string of the molecule is CC(C)(C)C1=CCN(c2ncnc3nc[nH]c23)CC1. The Balaban J connectivity index is 1.90. The van der Waals surface area contributed by atoms with E-state index in [-0.39, 0.29) is 5.41 Å². The summed E-state index contributed by atoms with van der Waals surface area (Å²) in [6.45, 7) is 8.71. The van der Waals surface area contributed by atoms with Gasteiger partial charge in [-0.25, -0.2) is 15.0 Å². The van der Waals surface area contributed by atoms with Crippen molar-refractivity contribution in [2.75, 3.05) is 18.0 Å². The minimum atomic E-state index is 0.265. The zero-order chi connectivity index (χ0) is 13.5. The van der Waals surface area contributed by atoms with E-state index < -0.39 is 0 Å². The fourth-order valence-electron chi connectivity index (χ4n) is 2.53. The highest BCUT2D eigenvalue weighted by Crippen LogP contribution is 2.32. The minimum Gasteiger partial charge on any atom is -0.351 e. The van der Waals surface area contributed by atoms with E-state index >= 15 is 0 Å². The van der Waals surface area contributed by atoms with E-state index in [4.69, 9.17) is 0 Å². The Morgan fingerprint density at radius 1 is 1.21 bits per heavy atom. The summed E-state index contributed by atoms with van der Waals surface area (Å²) in [5.74, 6) is 0.951. The molecule has 2 aromatic heterocycles. The number of fused-ring (bicyclic) bond motifs is 1. The fourth-order valence-corrected chi connectivity index (χ4v) is 2.53. The second-order valence-corrected chi connectivity index (χ2v) is 5.97. The van der Waals surface area contributed by atoms with Gasteiger partial charge < -0.3 is 9.88 Å². The van der Waals surface area contributed by atoms with Crippen molar-refractivity contribution in [1.29, 1.82) is 0 Å². The average molecular weight is 257 g/mol. The van der Waals surface area contributed by atoms with Crippen molar-refractivity contribution < 1.29 is 0 Å². The first kappa shape index (κ1) is 12.1. The number of hydrogen-bond donors (Lipinski definition) is 1. The Kier molecular flexibility index (Phi) is 2.77. The molecule has 3 heterocycles. The van der Waals surface area contributed by atoms with Crippen molar-refractivity contribution in [1.82, 2.24) is 19.9 Å². The molecular weight excluding hydrogens is 238 g/mol. The van der Waals surface area contributed by atoms with Crippen molar-refractivity contribution in [2.24, 2.45) is 5.41 Å². The van der Waals surface area contributed by atoms with E-state index in [1.165, 1.54) is 5.57 Å². The van der Waals surface area contributed by atoms with Crippen molar-refractivity contribution in [3.8, 4) is 0 Å². The molecule has 5 nitrogen and oxygen atoms in total. The monoisotopic (exact) mass is 257 g/mol. The topological polar surface area (TPSA) is 57.7 Å². The summed E-state index contributed by atoms with van der Waals surface area (Å²) in [6, 6.07) is 0. The van der Waals surface area contributed by atoms with Crippen molar-refractivity contribution in [2.45, 2.75) is 27.2 Å². The van der Waals surface area contributed by atoms with Crippen LogP contribution >= 0.6 is 0 Å². The Labute approximate surface area is 112 Å². The molecule has 0 saturated carbocycles. The second-order valence-electron chi connectivity index (χ2n) is 5.97. The molecule has 0 radical (unpaired) electrons. The van der Waals surface area contributed by atoms with Gasteiger partial charge in [-0.1, -0.05) is 32.4 Å². The van der Waals surface area contributed by atoms with E-state index in [1.54, 1.807) is 12.7 Å². The highest BCUT2D eigenvalue weighted by atomic mass is 15.2. The van der Waals surface area contributed by atoms with Crippen LogP contribution in [0.5, 0.6) is 0 Å². The standard InChI is InChI=1S/C14H19N5/c1-14(2,3)10-4-6-19(7-5-10)13-11-12(16-8-15-11)17-9-18-13/h4,8-9H,5-7H2,1-3H3,(H,15,16,17,18). The van der Waals surface area contributed by atoms with Crippen LogP contribution in [0.25, 0.3) is 11.2 Å². The third kappa shape index (κ3) is 2.20. The number of nitrogens with zero attached hydrogens (tertiary/aromatic N) is 4. The van der Waals surface area contributed by atoms with Crippen molar-refractivity contribution >= 4 is 17.0 Å². The Morgan fingerprint density at radius 2 is 2.05 bits per heavy atom. The molecule has 1 N–H and O–H groups in total. The lowest BCUT2D eigenvalue weighted by Crippen LogP contribution is -2.32. The van der Waals surface area contributed by atoms with Crippen LogP contribution in [0.4, 0.5) is 5.82 Å². The molecule has 0 saturated heterocycles. The Morgan fingerprint density at radius 3 is 2.74 bits per heavy atom. The van der Waals surface area contributed by atoms with Crippen LogP contribution in [0, 0.1) is 5.41 Å². The largest absolute Gasteiger partial charge is 0.351 e. The summed E-state index contributed by atoms with van der Waals surface area (Å²) in [6.07, 6.45) is 6.67. The first-order valence-corrected chi connectivity index (χ1v) is 6.64. The van der Waals surface area contributed by atoms with Crippen LogP contribution < -0.4 is 4.90 Å². The van der Waals surface area contributed by atoms with Gasteiger partial charge in [0, 0.05) is 13.1 Å². The van der Waals surface area contributed by atoms with E-state index in [9.17, 15) is 0 Å². The van der Waals surface area contributed by atoms with E-state index in [1.807, 2.05) is 0 Å². The summed E-state index contributed by atoms with van der Waals surface area (Å²) in [5.41, 5.74) is 3.45. The molecule has 0 atom stereocenters. The number of nitrogens with one attached hydrogen (secondary N) is 1. The maximum atomic E-state index is 4.40. The first-order chi connectivity index (χ1) is 9.05. The summed E-state index contributed by atoms with van der Waals surface area (Å²) >= 11 is 0. The second kappa shape index (κ2) is 4.33. The predicted octanol–water partition coefficient (Wildman–Crippen LogP) is 2.54. The van der Waals surface area contributed by atoms with Gasteiger partial charge in [-0.3, -0.25) is 0 Å². The average Bonchev–Trinajstić information content (AvgIpc) is 2.86. The molecule has 1 aliphatic rings. The van der Waals surface area contributed by atoms with E-state index in [0.717, 1.165) is 36.5 Å². The number of aromatic nitrogens is 4. The summed E-state index contributed by atoms with van der Waals surface area (Å²) in [5, 5.41) is 0. The van der Waals surface area contributed by atoms with Crippen LogP contribution in [-0.4, -0.2) is 33.0 Å². The van der Waals surface area contributed by atoms with Crippen LogP contribution in [0.3, 0.4) is 0 Å². The molecule has 0 bridgehead atoms. The highest BCUT2D eigenvalue weighted by Gasteiger charge is 2.23. The van der Waals surface area contributed by atoms with Gasteiger partial charge in [0.1, 0.15) is 11.8 Å². The molecule has 2 aromatic rings. The van der Waals surface area contributed by atoms with E-state index in [2.05, 4.69) is 51.7 Å². The van der Waals surface area contributed by atoms with Crippen LogP contribution in [0.1, 0.15) is 27.2 Å². The summed E-state index contributed by atoms with van der Waals surface area (Å²) < 4.78 is 0. The molecule has 1 aliphatic heterocycles. The predicted molar refractivity (Wildman–Crippen MR) is 76.1 cm³/mol. The van der Waals surface area contributed by atoms with Crippen molar-refractivity contribution in [3.05, 3.63) is 24.3 Å². The number of aromatic amines is 1. The smallest absolute Gasteiger partial charge is 0.182 e. The molecule has 0 amide bonds. The van der Waals surface area contributed by atoms with Gasteiger partial charge in [0.25, 0.3) is 0 Å². The number of hydrogen-bond acceptors (Lipinski definition) is 4. The van der Waals surface area contributed by atoms with Gasteiger partial charge in [0.2, 0.25) is 0 Å². The Bertz CT molecular complexity index is 620. The molecule has 0 fully saturated rings. The third-order valence-electron chi connectivity index (χ3n) is 3.67. The van der Waals surface area contributed by atoms with Gasteiger partial charge in [-0.2, -0.15) is 0 Å². The highest BCUT2D eigenvalue weighted by molar-refractivity contribution is 5.82. The quantitative estimate of drug-likeness (QED) is 0.798. The normalized spacial score (nSPS) is 16.8. The maximum Gasteiger partial charge on any atom is 0.182 e. The van der Waals surface area contributed by atoms with Gasteiger partial charge in [-0.05, 0) is 11.8 Å². The van der Waals surface area contributed by atoms with Crippen LogP contribution in [0.2, 0.25) is 0 Å². The van der Waals surface area contributed by atoms with Crippen molar-refractivity contribution in [3.63, 3.8) is 0 Å². The molecule has 5 heteroatoms. The van der Waals surface area contributed by atoms with Gasteiger partial charge in [-0.15, -0.1) is 0 Å². The van der Waals surface area contributed by atoms with Crippen LogP contribution in [-0.2, 0) is 0 Å². The maximum absolute atomic E-state index is 4.40. The lowest BCUT2D eigenvalue weighted by molar-refractivity contribution is 0.472. The number of H-pyrrole nitrogens is 1. The number of imidazole rings is 1. The lowest BCUT2D eigenvalue weighted by Gasteiger charge is -2.32. The number of rotatable bonds is 1. The number of anilines is 1. The molecule has 0 aliphatic carbocycles. The van der Waals surface area contributed by atoms with Crippen LogP contribution in [0.15, 0.2) is 24.3 Å². The summed E-state index contributed by atoms with van der Waals surface area (Å²) in [7, 11) is 0. The molecule has 19 heavy (non-hydrogen) atoms. The molecule has 0 aromatic carbocycles. The van der Waals surface area contributed by atoms with E-state index in [0.29, 0.717) is 0 Å². The van der Waals surface area contributed by atoms with Gasteiger partial charge >= 0.3 is 0 Å². The third-order valence-corrected chi connectivity index (χ3v) is 3.67. The summed E-state index contributed by atoms with van der Waals surface area (Å²) in [4.78, 5) is 18.1. The molecule has 3 rings (SSSR count). The Hall–Kier alpha value is -1.91.